The van der Waals surface area contributed by atoms with Crippen molar-refractivity contribution in [1.29, 1.82) is 0 Å². The zero-order valence-corrected chi connectivity index (χ0v) is 23.0. The molecule has 1 aromatic rings. The molecular formula is C28H35BrN2O6. The van der Waals surface area contributed by atoms with E-state index in [1.807, 2.05) is 32.0 Å². The van der Waals surface area contributed by atoms with Crippen LogP contribution in [-0.4, -0.2) is 76.7 Å². The Morgan fingerprint density at radius 3 is 2.73 bits per heavy atom. The number of fused-ring (bicyclic) bond motifs is 1. The van der Waals surface area contributed by atoms with Crippen LogP contribution in [-0.2, 0) is 23.9 Å². The fourth-order valence-electron chi connectivity index (χ4n) is 6.14. The van der Waals surface area contributed by atoms with Crippen LogP contribution in [0, 0.1) is 25.7 Å². The van der Waals surface area contributed by atoms with Gasteiger partial charge in [-0.2, -0.15) is 0 Å². The lowest BCUT2D eigenvalue weighted by molar-refractivity contribution is -0.153. The summed E-state index contributed by atoms with van der Waals surface area (Å²) in [5.41, 5.74) is 1.51. The van der Waals surface area contributed by atoms with E-state index < -0.39 is 35.6 Å². The molecular weight excluding hydrogens is 540 g/mol. The van der Waals surface area contributed by atoms with E-state index >= 15 is 0 Å². The summed E-state index contributed by atoms with van der Waals surface area (Å²) in [4.78, 5) is 44.6. The number of rotatable bonds is 11. The molecule has 9 heteroatoms. The molecule has 2 amide bonds. The second-order valence-electron chi connectivity index (χ2n) is 10.1. The number of aliphatic hydroxyl groups is 1. The van der Waals surface area contributed by atoms with Gasteiger partial charge in [-0.15, -0.1) is 6.58 Å². The maximum atomic E-state index is 14.5. The minimum atomic E-state index is -1.17. The summed E-state index contributed by atoms with van der Waals surface area (Å²) in [6, 6.07) is 4.98. The zero-order chi connectivity index (χ0) is 26.9. The Morgan fingerprint density at radius 1 is 1.30 bits per heavy atom. The molecule has 0 radical (unpaired) electrons. The van der Waals surface area contributed by atoms with E-state index in [-0.39, 0.29) is 42.9 Å². The molecule has 4 rings (SSSR count). The third-order valence-corrected chi connectivity index (χ3v) is 8.52. The van der Waals surface area contributed by atoms with Crippen LogP contribution in [0.2, 0.25) is 0 Å². The number of hydrogen-bond acceptors (Lipinski definition) is 6. The standard InChI is InChI=1S/C28H35BrN2O6/c1-5-11-30(20-15-17(3)9-10-18(20)4)26(34)24-28-16-19(29)23(37-28)21(27(35)36-14-6-2)22(28)25(33)31(24)12-7-8-13-32/h5-6,9-10,15,19,21-24,32H,1-2,7-8,11-14,16H2,3-4H3/t19?,21-,22+,23-,24?,28?/m1/s1. The van der Waals surface area contributed by atoms with Crippen molar-refractivity contribution < 1.29 is 29.0 Å². The molecule has 1 aromatic carbocycles. The fraction of sp³-hybridized carbons (Fsp3) is 0.536. The van der Waals surface area contributed by atoms with Crippen LogP contribution in [0.25, 0.3) is 0 Å². The Bertz CT molecular complexity index is 1090. The van der Waals surface area contributed by atoms with Gasteiger partial charge in [-0.05, 0) is 50.3 Å². The van der Waals surface area contributed by atoms with E-state index in [1.165, 1.54) is 6.08 Å². The summed E-state index contributed by atoms with van der Waals surface area (Å²) >= 11 is 3.66. The summed E-state index contributed by atoms with van der Waals surface area (Å²) in [6.45, 7) is 11.9. The van der Waals surface area contributed by atoms with Crippen LogP contribution in [0.5, 0.6) is 0 Å². The number of nitrogens with zero attached hydrogens (tertiary/aromatic N) is 2. The number of likely N-dealkylation sites (tertiary alicyclic amines) is 1. The van der Waals surface area contributed by atoms with Gasteiger partial charge in [-0.25, -0.2) is 0 Å². The first-order valence-corrected chi connectivity index (χ1v) is 13.6. The van der Waals surface area contributed by atoms with E-state index in [4.69, 9.17) is 9.47 Å². The normalized spacial score (nSPS) is 29.8. The smallest absolute Gasteiger partial charge is 0.312 e. The van der Waals surface area contributed by atoms with Gasteiger partial charge >= 0.3 is 5.97 Å². The third kappa shape index (κ3) is 4.66. The number of ether oxygens (including phenoxy) is 2. The number of carbonyl (C=O) groups excluding carboxylic acids is 3. The highest BCUT2D eigenvalue weighted by molar-refractivity contribution is 9.09. The van der Waals surface area contributed by atoms with Crippen molar-refractivity contribution in [3.63, 3.8) is 0 Å². The lowest BCUT2D eigenvalue weighted by atomic mass is 9.70. The van der Waals surface area contributed by atoms with Gasteiger partial charge in [-0.1, -0.05) is 46.8 Å². The average molecular weight is 576 g/mol. The summed E-state index contributed by atoms with van der Waals surface area (Å²) in [5.74, 6) is -2.71. The van der Waals surface area contributed by atoms with Gasteiger partial charge in [0.1, 0.15) is 18.2 Å². The highest BCUT2D eigenvalue weighted by atomic mass is 79.9. The number of amides is 2. The van der Waals surface area contributed by atoms with Crippen molar-refractivity contribution in [2.75, 3.05) is 31.2 Å². The number of unbranched alkanes of at least 4 members (excludes halogenated alkanes) is 1. The first-order valence-electron chi connectivity index (χ1n) is 12.7. The third-order valence-electron chi connectivity index (χ3n) is 7.68. The predicted molar refractivity (Wildman–Crippen MR) is 143 cm³/mol. The highest BCUT2D eigenvalue weighted by Gasteiger charge is 2.77. The molecule has 0 aliphatic carbocycles. The van der Waals surface area contributed by atoms with Crippen molar-refractivity contribution in [2.45, 2.75) is 55.7 Å². The largest absolute Gasteiger partial charge is 0.461 e. The number of esters is 1. The lowest BCUT2D eigenvalue weighted by Gasteiger charge is -2.37. The molecule has 3 aliphatic heterocycles. The number of hydrogen-bond donors (Lipinski definition) is 1. The van der Waals surface area contributed by atoms with Crippen LogP contribution >= 0.6 is 15.9 Å². The van der Waals surface area contributed by atoms with Gasteiger partial charge in [-0.3, -0.25) is 14.4 Å². The second kappa shape index (κ2) is 11.1. The molecule has 3 aliphatic rings. The molecule has 3 saturated heterocycles. The average Bonchev–Trinajstić information content (AvgIpc) is 3.46. The minimum absolute atomic E-state index is 0.0150. The summed E-state index contributed by atoms with van der Waals surface area (Å²) in [5, 5.41) is 9.35. The minimum Gasteiger partial charge on any atom is -0.461 e. The molecule has 8 nitrogen and oxygen atoms in total. The van der Waals surface area contributed by atoms with Crippen molar-refractivity contribution in [2.24, 2.45) is 11.8 Å². The van der Waals surface area contributed by atoms with E-state index in [2.05, 4.69) is 29.1 Å². The molecule has 37 heavy (non-hydrogen) atoms. The van der Waals surface area contributed by atoms with Gasteiger partial charge in [0.15, 0.2) is 0 Å². The van der Waals surface area contributed by atoms with E-state index in [1.54, 1.807) is 15.9 Å². The van der Waals surface area contributed by atoms with Gasteiger partial charge in [0.2, 0.25) is 5.91 Å². The predicted octanol–water partition coefficient (Wildman–Crippen LogP) is 3.07. The lowest BCUT2D eigenvalue weighted by Crippen LogP contribution is -2.57. The molecule has 3 heterocycles. The van der Waals surface area contributed by atoms with Crippen LogP contribution in [0.1, 0.15) is 30.4 Å². The van der Waals surface area contributed by atoms with E-state index in [9.17, 15) is 19.5 Å². The maximum absolute atomic E-state index is 14.5. The number of alkyl halides is 1. The first kappa shape index (κ1) is 27.5. The monoisotopic (exact) mass is 574 g/mol. The molecule has 1 spiro atoms. The van der Waals surface area contributed by atoms with Crippen LogP contribution < -0.4 is 4.90 Å². The molecule has 3 fully saturated rings. The van der Waals surface area contributed by atoms with Gasteiger partial charge in [0.05, 0.1) is 17.9 Å². The number of anilines is 1. The zero-order valence-electron chi connectivity index (χ0n) is 21.4. The fourth-order valence-corrected chi connectivity index (χ4v) is 7.09. The van der Waals surface area contributed by atoms with Crippen LogP contribution in [0.3, 0.4) is 0 Å². The number of benzene rings is 1. The van der Waals surface area contributed by atoms with Gasteiger partial charge in [0.25, 0.3) is 5.91 Å². The maximum Gasteiger partial charge on any atom is 0.312 e. The quantitative estimate of drug-likeness (QED) is 0.189. The van der Waals surface area contributed by atoms with E-state index in [0.29, 0.717) is 19.3 Å². The Labute approximate surface area is 226 Å². The Hall–Kier alpha value is -2.49. The molecule has 0 aromatic heterocycles. The van der Waals surface area contributed by atoms with Crippen molar-refractivity contribution in [3.05, 3.63) is 54.6 Å². The first-order chi connectivity index (χ1) is 17.7. The van der Waals surface area contributed by atoms with E-state index in [0.717, 1.165) is 16.8 Å². The number of aliphatic hydroxyl groups excluding tert-OH is 1. The highest BCUT2D eigenvalue weighted by Crippen LogP contribution is 2.60. The van der Waals surface area contributed by atoms with Crippen LogP contribution in [0.4, 0.5) is 5.69 Å². The SMILES string of the molecule is C=CCOC(=O)[C@H]1[C@@H]2OC3(CC2Br)C(C(=O)N(CC=C)c2cc(C)ccc2C)N(CCCCO)C(=O)[C@H]13. The van der Waals surface area contributed by atoms with Crippen molar-refractivity contribution >= 4 is 39.4 Å². The number of carbonyl (C=O) groups is 3. The Balaban J connectivity index is 1.79. The van der Waals surface area contributed by atoms with Crippen molar-refractivity contribution in [3.8, 4) is 0 Å². The molecule has 1 N–H and O–H groups in total. The van der Waals surface area contributed by atoms with Gasteiger partial charge < -0.3 is 24.4 Å². The van der Waals surface area contributed by atoms with Crippen molar-refractivity contribution in [1.82, 2.24) is 4.90 Å². The molecule has 6 atom stereocenters. The molecule has 0 saturated carbocycles. The number of aryl methyl sites for hydroxylation is 2. The second-order valence-corrected chi connectivity index (χ2v) is 11.2. The van der Waals surface area contributed by atoms with Crippen LogP contribution in [0.15, 0.2) is 43.5 Å². The summed E-state index contributed by atoms with van der Waals surface area (Å²) in [7, 11) is 0. The summed E-state index contributed by atoms with van der Waals surface area (Å²) < 4.78 is 11.9. The topological polar surface area (TPSA) is 96.4 Å². The molecule has 2 bridgehead atoms. The molecule has 200 valence electrons. The van der Waals surface area contributed by atoms with Gasteiger partial charge in [0, 0.05) is 30.2 Å². The molecule has 3 unspecified atom stereocenters. The summed E-state index contributed by atoms with van der Waals surface area (Å²) in [6.07, 6.45) is 4.00. The Kier molecular flexibility index (Phi) is 8.26. The Morgan fingerprint density at radius 2 is 2.05 bits per heavy atom. The number of halogens is 1.